The van der Waals surface area contributed by atoms with Crippen molar-refractivity contribution in [1.82, 2.24) is 4.98 Å². The zero-order valence-electron chi connectivity index (χ0n) is 9.46. The van der Waals surface area contributed by atoms with Crippen molar-refractivity contribution in [2.75, 3.05) is 7.11 Å². The van der Waals surface area contributed by atoms with Gasteiger partial charge in [-0.3, -0.25) is 0 Å². The molecular formula is C10H7F5N2O2. The van der Waals surface area contributed by atoms with E-state index in [0.29, 0.717) is 6.20 Å². The Hall–Kier alpha value is -2.11. The van der Waals surface area contributed by atoms with Crippen LogP contribution < -0.4 is 9.47 Å². The minimum Gasteiger partial charge on any atom is -0.478 e. The van der Waals surface area contributed by atoms with Gasteiger partial charge in [-0.25, -0.2) is 13.8 Å². The highest BCUT2D eigenvalue weighted by molar-refractivity contribution is 5.48. The lowest BCUT2D eigenvalue weighted by atomic mass is 10.1. The van der Waals surface area contributed by atoms with Crippen molar-refractivity contribution in [2.24, 2.45) is 0 Å². The molecule has 104 valence electrons. The predicted octanol–water partition coefficient (Wildman–Crippen LogP) is 2.99. The van der Waals surface area contributed by atoms with Gasteiger partial charge in [0, 0.05) is 17.3 Å². The lowest BCUT2D eigenvalue weighted by Gasteiger charge is -2.16. The summed E-state index contributed by atoms with van der Waals surface area (Å²) in [6, 6.07) is 1.49. The molecule has 0 aliphatic rings. The molecule has 19 heavy (non-hydrogen) atoms. The Morgan fingerprint density at radius 3 is 2.47 bits per heavy atom. The summed E-state index contributed by atoms with van der Waals surface area (Å²) in [4.78, 5) is 3.31. The van der Waals surface area contributed by atoms with Crippen LogP contribution in [0.3, 0.4) is 0 Å². The molecule has 0 atom stereocenters. The van der Waals surface area contributed by atoms with E-state index in [2.05, 4.69) is 14.5 Å². The Morgan fingerprint density at radius 2 is 2.05 bits per heavy atom. The molecule has 0 unspecified atom stereocenters. The maximum absolute atomic E-state index is 12.7. The van der Waals surface area contributed by atoms with Crippen LogP contribution in [0.4, 0.5) is 22.0 Å². The summed E-state index contributed by atoms with van der Waals surface area (Å²) < 4.78 is 70.2. The third kappa shape index (κ3) is 3.67. The molecule has 0 saturated heterocycles. The number of nitrogens with zero attached hydrogens (tertiary/aromatic N) is 2. The molecule has 0 N–H and O–H groups in total. The summed E-state index contributed by atoms with van der Waals surface area (Å²) >= 11 is 0. The number of halogens is 5. The summed E-state index contributed by atoms with van der Waals surface area (Å²) in [6.45, 7) is 0. The van der Waals surface area contributed by atoms with Gasteiger partial charge >= 0.3 is 6.36 Å². The fourth-order valence-electron chi connectivity index (χ4n) is 1.34. The number of alkyl halides is 5. The van der Waals surface area contributed by atoms with Gasteiger partial charge < -0.3 is 9.47 Å². The van der Waals surface area contributed by atoms with Gasteiger partial charge in [0.05, 0.1) is 19.6 Å². The van der Waals surface area contributed by atoms with Crippen molar-refractivity contribution >= 4 is 0 Å². The first kappa shape index (κ1) is 14.9. The van der Waals surface area contributed by atoms with Gasteiger partial charge in [-0.05, 0) is 0 Å². The maximum Gasteiger partial charge on any atom is 0.573 e. The lowest BCUT2D eigenvalue weighted by Crippen LogP contribution is -2.19. The van der Waals surface area contributed by atoms with E-state index in [1.165, 1.54) is 6.07 Å². The molecule has 0 spiro atoms. The zero-order valence-corrected chi connectivity index (χ0v) is 9.46. The maximum atomic E-state index is 12.7. The minimum absolute atomic E-state index is 0.596. The Morgan fingerprint density at radius 1 is 1.42 bits per heavy atom. The second kappa shape index (κ2) is 5.69. The molecular weight excluding hydrogens is 275 g/mol. The Balaban J connectivity index is 3.44. The fraction of sp³-hybridized carbons (Fsp3) is 0.400. The number of pyridine rings is 1. The number of hydrogen-bond donors (Lipinski definition) is 0. The quantitative estimate of drug-likeness (QED) is 0.797. The van der Waals surface area contributed by atoms with Crippen LogP contribution in [0.25, 0.3) is 0 Å². The molecule has 1 rings (SSSR count). The first-order chi connectivity index (χ1) is 8.80. The number of hydrogen-bond acceptors (Lipinski definition) is 4. The van der Waals surface area contributed by atoms with Crippen LogP contribution in [-0.4, -0.2) is 18.5 Å². The molecule has 0 amide bonds. The van der Waals surface area contributed by atoms with Gasteiger partial charge in [0.25, 0.3) is 12.3 Å². The zero-order chi connectivity index (χ0) is 14.6. The summed E-state index contributed by atoms with van der Waals surface area (Å²) in [5, 5.41) is 8.52. The molecule has 0 bridgehead atoms. The van der Waals surface area contributed by atoms with Crippen LogP contribution >= 0.6 is 0 Å². The molecule has 9 heteroatoms. The van der Waals surface area contributed by atoms with Crippen molar-refractivity contribution < 1.29 is 31.4 Å². The average molecular weight is 282 g/mol. The molecule has 0 aromatic carbocycles. The smallest absolute Gasteiger partial charge is 0.478 e. The number of rotatable bonds is 4. The average Bonchev–Trinajstić information content (AvgIpc) is 2.29. The standard InChI is InChI=1S/C10H7F5N2O2/c1-18-9-7(19-10(13,14)15)5(2-3-16)6(4-17-9)8(11)12/h4,8H,2H2,1H3. The van der Waals surface area contributed by atoms with Crippen LogP contribution in [0, 0.1) is 11.3 Å². The van der Waals surface area contributed by atoms with E-state index in [4.69, 9.17) is 5.26 Å². The van der Waals surface area contributed by atoms with Gasteiger partial charge in [-0.2, -0.15) is 5.26 Å². The van der Waals surface area contributed by atoms with Crippen molar-refractivity contribution in [3.63, 3.8) is 0 Å². The molecule has 0 radical (unpaired) electrons. The van der Waals surface area contributed by atoms with E-state index in [1.54, 1.807) is 0 Å². The number of aromatic nitrogens is 1. The molecule has 0 saturated carbocycles. The van der Waals surface area contributed by atoms with Crippen molar-refractivity contribution in [3.8, 4) is 17.7 Å². The van der Waals surface area contributed by atoms with Crippen LogP contribution in [0.15, 0.2) is 6.20 Å². The molecule has 0 aliphatic carbocycles. The number of methoxy groups -OCH3 is 1. The Kier molecular flexibility index (Phi) is 4.47. The number of ether oxygens (including phenoxy) is 2. The van der Waals surface area contributed by atoms with Gasteiger partial charge in [-0.1, -0.05) is 0 Å². The third-order valence-corrected chi connectivity index (χ3v) is 2.04. The largest absolute Gasteiger partial charge is 0.573 e. The fourth-order valence-corrected chi connectivity index (χ4v) is 1.34. The van der Waals surface area contributed by atoms with Gasteiger partial charge in [0.2, 0.25) is 0 Å². The van der Waals surface area contributed by atoms with Crippen molar-refractivity contribution in [1.29, 1.82) is 5.26 Å². The Labute approximate surface area is 104 Å². The summed E-state index contributed by atoms with van der Waals surface area (Å²) in [6.07, 6.45) is -8.24. The van der Waals surface area contributed by atoms with Crippen molar-refractivity contribution in [2.45, 2.75) is 19.2 Å². The normalized spacial score (nSPS) is 11.3. The molecule has 1 heterocycles. The highest BCUT2D eigenvalue weighted by atomic mass is 19.4. The highest BCUT2D eigenvalue weighted by Gasteiger charge is 2.35. The van der Waals surface area contributed by atoms with Gasteiger partial charge in [0.1, 0.15) is 0 Å². The van der Waals surface area contributed by atoms with Crippen molar-refractivity contribution in [3.05, 3.63) is 17.3 Å². The first-order valence-corrected chi connectivity index (χ1v) is 4.76. The molecule has 1 aromatic heterocycles. The van der Waals surface area contributed by atoms with E-state index in [1.807, 2.05) is 0 Å². The highest BCUT2D eigenvalue weighted by Crippen LogP contribution is 2.38. The third-order valence-electron chi connectivity index (χ3n) is 2.04. The topological polar surface area (TPSA) is 55.1 Å². The summed E-state index contributed by atoms with van der Waals surface area (Å²) in [5.41, 5.74) is -1.40. The summed E-state index contributed by atoms with van der Waals surface area (Å²) in [5.74, 6) is -1.64. The van der Waals surface area contributed by atoms with E-state index < -0.39 is 42.0 Å². The van der Waals surface area contributed by atoms with Gasteiger partial charge in [0.15, 0.2) is 5.75 Å². The van der Waals surface area contributed by atoms with E-state index >= 15 is 0 Å². The first-order valence-electron chi connectivity index (χ1n) is 4.76. The van der Waals surface area contributed by atoms with Crippen LogP contribution in [0.2, 0.25) is 0 Å². The number of nitriles is 1. The summed E-state index contributed by atoms with van der Waals surface area (Å²) in [7, 11) is 1.00. The second-order valence-corrected chi connectivity index (χ2v) is 3.21. The Bertz CT molecular complexity index is 496. The molecule has 1 aromatic rings. The molecule has 4 nitrogen and oxygen atoms in total. The van der Waals surface area contributed by atoms with Crippen LogP contribution in [0.5, 0.6) is 11.6 Å². The van der Waals surface area contributed by atoms with Crippen LogP contribution in [-0.2, 0) is 6.42 Å². The molecule has 0 aliphatic heterocycles. The SMILES string of the molecule is COc1ncc(C(F)F)c(CC#N)c1OC(F)(F)F. The van der Waals surface area contributed by atoms with E-state index in [-0.39, 0.29) is 0 Å². The lowest BCUT2D eigenvalue weighted by molar-refractivity contribution is -0.275. The molecule has 0 fully saturated rings. The van der Waals surface area contributed by atoms with E-state index in [0.717, 1.165) is 7.11 Å². The van der Waals surface area contributed by atoms with Gasteiger partial charge in [-0.15, -0.1) is 13.2 Å². The predicted molar refractivity (Wildman–Crippen MR) is 51.7 cm³/mol. The minimum atomic E-state index is -5.11. The monoisotopic (exact) mass is 282 g/mol. The second-order valence-electron chi connectivity index (χ2n) is 3.21. The van der Waals surface area contributed by atoms with Crippen LogP contribution in [0.1, 0.15) is 17.6 Å². The van der Waals surface area contributed by atoms with E-state index in [9.17, 15) is 22.0 Å².